The van der Waals surface area contributed by atoms with E-state index in [2.05, 4.69) is 22.8 Å². The van der Waals surface area contributed by atoms with Gasteiger partial charge in [0.15, 0.2) is 0 Å². The molecular weight excluding hydrogens is 200 g/mol. The maximum Gasteiger partial charge on any atom is 0.134 e. The average molecular weight is 216 g/mol. The molecule has 0 aliphatic carbocycles. The van der Waals surface area contributed by atoms with Gasteiger partial charge in [-0.2, -0.15) is 0 Å². The van der Waals surface area contributed by atoms with Crippen molar-refractivity contribution in [1.82, 2.24) is 10.6 Å². The highest BCUT2D eigenvalue weighted by atomic mass is 16.3. The fraction of sp³-hybridized carbons (Fsp3) is 0.385. The highest BCUT2D eigenvalue weighted by molar-refractivity contribution is 5.80. The molecule has 1 aliphatic heterocycles. The molecule has 16 heavy (non-hydrogen) atoms. The van der Waals surface area contributed by atoms with Crippen molar-refractivity contribution in [2.24, 2.45) is 5.92 Å². The molecule has 3 rings (SSSR count). The van der Waals surface area contributed by atoms with Crippen LogP contribution in [0.2, 0.25) is 0 Å². The summed E-state index contributed by atoms with van der Waals surface area (Å²) >= 11 is 0. The Balaban J connectivity index is 1.64. The monoisotopic (exact) mass is 216 g/mol. The third-order valence-electron chi connectivity index (χ3n) is 3.18. The molecule has 1 aliphatic rings. The Kier molecular flexibility index (Phi) is 2.64. The summed E-state index contributed by atoms with van der Waals surface area (Å²) in [4.78, 5) is 0. The van der Waals surface area contributed by atoms with E-state index in [1.165, 1.54) is 10.9 Å². The van der Waals surface area contributed by atoms with Crippen molar-refractivity contribution in [3.63, 3.8) is 0 Å². The summed E-state index contributed by atoms with van der Waals surface area (Å²) in [5.74, 6) is 0.804. The van der Waals surface area contributed by atoms with Crippen LogP contribution in [0.1, 0.15) is 5.56 Å². The van der Waals surface area contributed by atoms with Gasteiger partial charge in [0.2, 0.25) is 0 Å². The third kappa shape index (κ3) is 1.84. The van der Waals surface area contributed by atoms with Crippen LogP contribution >= 0.6 is 0 Å². The van der Waals surface area contributed by atoms with Gasteiger partial charge in [-0.05, 0) is 12.0 Å². The zero-order chi connectivity index (χ0) is 10.8. The van der Waals surface area contributed by atoms with E-state index in [0.29, 0.717) is 0 Å². The van der Waals surface area contributed by atoms with Gasteiger partial charge in [-0.3, -0.25) is 0 Å². The molecule has 0 bridgehead atoms. The lowest BCUT2D eigenvalue weighted by atomic mass is 10.0. The Morgan fingerprint density at radius 2 is 2.19 bits per heavy atom. The molecule has 3 heteroatoms. The van der Waals surface area contributed by atoms with Crippen LogP contribution in [0, 0.1) is 5.92 Å². The molecule has 2 N–H and O–H groups in total. The zero-order valence-electron chi connectivity index (χ0n) is 9.20. The lowest BCUT2D eigenvalue weighted by molar-refractivity contribution is 0.331. The van der Waals surface area contributed by atoms with Crippen molar-refractivity contribution in [2.75, 3.05) is 19.6 Å². The molecule has 0 saturated carbocycles. The number of benzene rings is 1. The van der Waals surface area contributed by atoms with E-state index in [9.17, 15) is 0 Å². The summed E-state index contributed by atoms with van der Waals surface area (Å²) in [6.07, 6.45) is 1.86. The smallest absolute Gasteiger partial charge is 0.134 e. The molecule has 0 spiro atoms. The molecule has 84 valence electrons. The van der Waals surface area contributed by atoms with Crippen LogP contribution < -0.4 is 10.6 Å². The van der Waals surface area contributed by atoms with Gasteiger partial charge >= 0.3 is 0 Å². The van der Waals surface area contributed by atoms with Gasteiger partial charge in [-0.15, -0.1) is 0 Å². The highest BCUT2D eigenvalue weighted by Crippen LogP contribution is 2.20. The quantitative estimate of drug-likeness (QED) is 0.817. The Morgan fingerprint density at radius 3 is 3.00 bits per heavy atom. The second-order valence-corrected chi connectivity index (χ2v) is 4.41. The van der Waals surface area contributed by atoms with E-state index in [4.69, 9.17) is 4.42 Å². The SMILES string of the molecule is c1ccc2c(CNCC3CNC3)coc2c1. The Labute approximate surface area is 94.8 Å². The minimum atomic E-state index is 0.804. The first-order valence-corrected chi connectivity index (χ1v) is 5.80. The molecule has 0 radical (unpaired) electrons. The molecule has 0 amide bonds. The van der Waals surface area contributed by atoms with E-state index >= 15 is 0 Å². The maximum atomic E-state index is 5.49. The van der Waals surface area contributed by atoms with Gasteiger partial charge in [-0.25, -0.2) is 0 Å². The van der Waals surface area contributed by atoms with Crippen molar-refractivity contribution in [3.05, 3.63) is 36.1 Å². The topological polar surface area (TPSA) is 37.2 Å². The summed E-state index contributed by atoms with van der Waals surface area (Å²) in [7, 11) is 0. The first-order valence-electron chi connectivity index (χ1n) is 5.80. The van der Waals surface area contributed by atoms with Crippen LogP contribution in [-0.4, -0.2) is 19.6 Å². The molecule has 2 heterocycles. The van der Waals surface area contributed by atoms with Crippen molar-refractivity contribution < 1.29 is 4.42 Å². The number of para-hydroxylation sites is 1. The van der Waals surface area contributed by atoms with Crippen molar-refractivity contribution in [2.45, 2.75) is 6.54 Å². The standard InChI is InChI=1S/C13H16N2O/c1-2-4-13-12(3-1)11(9-16-13)8-15-7-10-5-14-6-10/h1-4,9-10,14-15H,5-8H2. The molecule has 0 atom stereocenters. The van der Waals surface area contributed by atoms with E-state index in [0.717, 1.165) is 37.7 Å². The Bertz CT molecular complexity index is 473. The van der Waals surface area contributed by atoms with E-state index < -0.39 is 0 Å². The zero-order valence-corrected chi connectivity index (χ0v) is 9.20. The number of fused-ring (bicyclic) bond motifs is 1. The van der Waals surface area contributed by atoms with Crippen LogP contribution in [0.5, 0.6) is 0 Å². The highest BCUT2D eigenvalue weighted by Gasteiger charge is 2.15. The molecule has 2 aromatic rings. The minimum Gasteiger partial charge on any atom is -0.464 e. The minimum absolute atomic E-state index is 0.804. The van der Waals surface area contributed by atoms with Crippen LogP contribution in [0.4, 0.5) is 0 Å². The number of rotatable bonds is 4. The third-order valence-corrected chi connectivity index (χ3v) is 3.18. The van der Waals surface area contributed by atoms with Crippen molar-refractivity contribution in [3.8, 4) is 0 Å². The molecule has 3 nitrogen and oxygen atoms in total. The normalized spacial score (nSPS) is 16.5. The number of hydrogen-bond donors (Lipinski definition) is 2. The first kappa shape index (κ1) is 9.87. The number of nitrogens with one attached hydrogen (secondary N) is 2. The summed E-state index contributed by atoms with van der Waals surface area (Å²) in [6, 6.07) is 8.18. The number of hydrogen-bond acceptors (Lipinski definition) is 3. The fourth-order valence-electron chi connectivity index (χ4n) is 2.07. The van der Waals surface area contributed by atoms with Gasteiger partial charge in [0.25, 0.3) is 0 Å². The molecular formula is C13H16N2O. The Hall–Kier alpha value is -1.32. The maximum absolute atomic E-state index is 5.49. The lowest BCUT2D eigenvalue weighted by Crippen LogP contribution is -2.47. The second kappa shape index (κ2) is 4.28. The van der Waals surface area contributed by atoms with Gasteiger partial charge in [0.1, 0.15) is 5.58 Å². The van der Waals surface area contributed by atoms with Gasteiger partial charge < -0.3 is 15.1 Å². The van der Waals surface area contributed by atoms with Crippen LogP contribution in [0.25, 0.3) is 11.0 Å². The lowest BCUT2D eigenvalue weighted by Gasteiger charge is -2.27. The molecule has 0 unspecified atom stereocenters. The molecule has 1 saturated heterocycles. The van der Waals surface area contributed by atoms with Gasteiger partial charge in [-0.1, -0.05) is 18.2 Å². The number of furan rings is 1. The largest absolute Gasteiger partial charge is 0.464 e. The van der Waals surface area contributed by atoms with E-state index in [1.807, 2.05) is 18.4 Å². The molecule has 1 fully saturated rings. The predicted octanol–water partition coefficient (Wildman–Crippen LogP) is 1.74. The van der Waals surface area contributed by atoms with Crippen molar-refractivity contribution in [1.29, 1.82) is 0 Å². The van der Waals surface area contributed by atoms with Crippen molar-refractivity contribution >= 4 is 11.0 Å². The first-order chi connectivity index (χ1) is 7.93. The van der Waals surface area contributed by atoms with Gasteiger partial charge in [0, 0.05) is 37.1 Å². The molecule has 1 aromatic carbocycles. The van der Waals surface area contributed by atoms with Crippen LogP contribution in [-0.2, 0) is 6.54 Å². The summed E-state index contributed by atoms with van der Waals surface area (Å²) in [5, 5.41) is 7.98. The van der Waals surface area contributed by atoms with E-state index in [1.54, 1.807) is 0 Å². The van der Waals surface area contributed by atoms with Gasteiger partial charge in [0.05, 0.1) is 6.26 Å². The summed E-state index contributed by atoms with van der Waals surface area (Å²) < 4.78 is 5.49. The predicted molar refractivity (Wildman–Crippen MR) is 64.3 cm³/mol. The fourth-order valence-corrected chi connectivity index (χ4v) is 2.07. The molecule has 1 aromatic heterocycles. The summed E-state index contributed by atoms with van der Waals surface area (Å²) in [6.45, 7) is 4.29. The van der Waals surface area contributed by atoms with E-state index in [-0.39, 0.29) is 0 Å². The van der Waals surface area contributed by atoms with Crippen LogP contribution in [0.3, 0.4) is 0 Å². The average Bonchev–Trinajstić information content (AvgIpc) is 2.65. The summed E-state index contributed by atoms with van der Waals surface area (Å²) in [5.41, 5.74) is 2.23. The Morgan fingerprint density at radius 1 is 1.31 bits per heavy atom. The van der Waals surface area contributed by atoms with Crippen LogP contribution in [0.15, 0.2) is 34.9 Å². The second-order valence-electron chi connectivity index (χ2n) is 4.41.